The number of nitrogens with one attached hydrogen (secondary N) is 1. The fraction of sp³-hybridized carbons (Fsp3) is 0.846. The molecule has 0 spiro atoms. The van der Waals surface area contributed by atoms with E-state index < -0.39 is 0 Å². The molecule has 0 aromatic carbocycles. The summed E-state index contributed by atoms with van der Waals surface area (Å²) >= 11 is 0. The van der Waals surface area contributed by atoms with Gasteiger partial charge in [0, 0.05) is 11.8 Å². The van der Waals surface area contributed by atoms with Gasteiger partial charge in [0.05, 0.1) is 0 Å². The number of nitrogens with zero attached hydrogens (tertiary/aromatic N) is 2. The third-order valence-corrected chi connectivity index (χ3v) is 3.57. The van der Waals surface area contributed by atoms with Crippen LogP contribution < -0.4 is 5.32 Å². The third kappa shape index (κ3) is 3.28. The monoisotopic (exact) mass is 237 g/mol. The zero-order chi connectivity index (χ0) is 12.1. The number of rotatable bonds is 5. The van der Waals surface area contributed by atoms with Gasteiger partial charge in [-0.2, -0.15) is 4.98 Å². The van der Waals surface area contributed by atoms with E-state index in [1.165, 1.54) is 12.8 Å². The van der Waals surface area contributed by atoms with E-state index in [1.807, 2.05) is 0 Å². The van der Waals surface area contributed by atoms with Crippen LogP contribution in [0.4, 0.5) is 0 Å². The van der Waals surface area contributed by atoms with Crippen LogP contribution in [0.15, 0.2) is 4.52 Å². The zero-order valence-electron chi connectivity index (χ0n) is 10.9. The summed E-state index contributed by atoms with van der Waals surface area (Å²) in [4.78, 5) is 4.58. The molecular formula is C13H23N3O. The first-order valence-corrected chi connectivity index (χ1v) is 6.85. The van der Waals surface area contributed by atoms with Crippen molar-refractivity contribution in [2.75, 3.05) is 13.1 Å². The summed E-state index contributed by atoms with van der Waals surface area (Å²) in [5.74, 6) is 2.64. The van der Waals surface area contributed by atoms with Crippen LogP contribution in [-0.2, 0) is 0 Å². The molecule has 17 heavy (non-hydrogen) atoms. The van der Waals surface area contributed by atoms with Crippen LogP contribution in [0.1, 0.15) is 69.5 Å². The van der Waals surface area contributed by atoms with E-state index in [0.717, 1.165) is 44.1 Å². The van der Waals surface area contributed by atoms with Gasteiger partial charge in [-0.15, -0.1) is 0 Å². The Labute approximate surface area is 103 Å². The average Bonchev–Trinajstić information content (AvgIpc) is 2.86. The lowest BCUT2D eigenvalue weighted by Crippen LogP contribution is -2.27. The zero-order valence-corrected chi connectivity index (χ0v) is 10.9. The van der Waals surface area contributed by atoms with Gasteiger partial charge >= 0.3 is 0 Å². The molecule has 1 N–H and O–H groups in total. The standard InChI is InChI=1S/C13H23N3O/c1-3-4-5-10(2)13-15-12(16-17-13)11-6-8-14-9-7-11/h10-11,14H,3-9H2,1-2H3. The van der Waals surface area contributed by atoms with Gasteiger partial charge in [-0.25, -0.2) is 0 Å². The molecule has 0 saturated carbocycles. The van der Waals surface area contributed by atoms with E-state index in [2.05, 4.69) is 29.3 Å². The Balaban J connectivity index is 1.94. The fourth-order valence-corrected chi connectivity index (χ4v) is 2.33. The molecule has 0 amide bonds. The number of hydrogen-bond acceptors (Lipinski definition) is 4. The van der Waals surface area contributed by atoms with Crippen LogP contribution in [0.3, 0.4) is 0 Å². The average molecular weight is 237 g/mol. The highest BCUT2D eigenvalue weighted by atomic mass is 16.5. The highest BCUT2D eigenvalue weighted by Crippen LogP contribution is 2.25. The maximum absolute atomic E-state index is 5.40. The molecule has 1 aliphatic rings. The first-order chi connectivity index (χ1) is 8.31. The highest BCUT2D eigenvalue weighted by Gasteiger charge is 2.22. The Morgan fingerprint density at radius 2 is 2.18 bits per heavy atom. The van der Waals surface area contributed by atoms with E-state index in [0.29, 0.717) is 11.8 Å². The number of aromatic nitrogens is 2. The van der Waals surface area contributed by atoms with Crippen LogP contribution in [0.2, 0.25) is 0 Å². The molecule has 96 valence electrons. The Kier molecular flexibility index (Phi) is 4.54. The first-order valence-electron chi connectivity index (χ1n) is 6.85. The topological polar surface area (TPSA) is 51.0 Å². The van der Waals surface area contributed by atoms with Crippen LogP contribution in [0.25, 0.3) is 0 Å². The lowest BCUT2D eigenvalue weighted by Gasteiger charge is -2.19. The van der Waals surface area contributed by atoms with E-state index in [4.69, 9.17) is 4.52 Å². The van der Waals surface area contributed by atoms with E-state index in [9.17, 15) is 0 Å². The Morgan fingerprint density at radius 1 is 1.41 bits per heavy atom. The van der Waals surface area contributed by atoms with Gasteiger partial charge in [-0.1, -0.05) is 31.8 Å². The first kappa shape index (κ1) is 12.6. The van der Waals surface area contributed by atoms with E-state index >= 15 is 0 Å². The predicted octanol–water partition coefficient (Wildman–Crippen LogP) is 2.83. The molecule has 4 heteroatoms. The van der Waals surface area contributed by atoms with Crippen molar-refractivity contribution in [1.82, 2.24) is 15.5 Å². The molecule has 1 aromatic heterocycles. The molecule has 2 rings (SSSR count). The lowest BCUT2D eigenvalue weighted by atomic mass is 9.97. The third-order valence-electron chi connectivity index (χ3n) is 3.57. The lowest BCUT2D eigenvalue weighted by molar-refractivity contribution is 0.340. The molecule has 1 fully saturated rings. The summed E-state index contributed by atoms with van der Waals surface area (Å²) in [7, 11) is 0. The maximum Gasteiger partial charge on any atom is 0.229 e. The van der Waals surface area contributed by atoms with Crippen LogP contribution in [-0.4, -0.2) is 23.2 Å². The van der Waals surface area contributed by atoms with Gasteiger partial charge in [-0.05, 0) is 32.4 Å². The van der Waals surface area contributed by atoms with Gasteiger partial charge in [0.15, 0.2) is 5.82 Å². The minimum absolute atomic E-state index is 0.401. The van der Waals surface area contributed by atoms with Gasteiger partial charge in [0.1, 0.15) is 0 Å². The van der Waals surface area contributed by atoms with Crippen LogP contribution in [0.5, 0.6) is 0 Å². The molecule has 2 heterocycles. The molecule has 1 saturated heterocycles. The number of hydrogen-bond donors (Lipinski definition) is 1. The van der Waals surface area contributed by atoms with Crippen molar-refractivity contribution in [2.45, 2.75) is 57.8 Å². The van der Waals surface area contributed by atoms with Crippen molar-refractivity contribution in [3.63, 3.8) is 0 Å². The van der Waals surface area contributed by atoms with Crippen molar-refractivity contribution in [2.24, 2.45) is 0 Å². The summed E-state index contributed by atoms with van der Waals surface area (Å²) < 4.78 is 5.40. The maximum atomic E-state index is 5.40. The second kappa shape index (κ2) is 6.15. The molecule has 0 radical (unpaired) electrons. The highest BCUT2D eigenvalue weighted by molar-refractivity contribution is 5.00. The second-order valence-corrected chi connectivity index (χ2v) is 5.06. The minimum Gasteiger partial charge on any atom is -0.339 e. The molecule has 0 bridgehead atoms. The normalized spacial score (nSPS) is 19.4. The SMILES string of the molecule is CCCCC(C)c1nc(C2CCNCC2)no1. The largest absolute Gasteiger partial charge is 0.339 e. The van der Waals surface area contributed by atoms with Gasteiger partial charge in [-0.3, -0.25) is 0 Å². The number of piperidine rings is 1. The molecular weight excluding hydrogens is 214 g/mol. The van der Waals surface area contributed by atoms with Gasteiger partial charge in [0.2, 0.25) is 5.89 Å². The van der Waals surface area contributed by atoms with Crippen molar-refractivity contribution in [3.05, 3.63) is 11.7 Å². The van der Waals surface area contributed by atoms with E-state index in [-0.39, 0.29) is 0 Å². The molecule has 1 aromatic rings. The second-order valence-electron chi connectivity index (χ2n) is 5.06. The van der Waals surface area contributed by atoms with Crippen LogP contribution >= 0.6 is 0 Å². The fourth-order valence-electron chi connectivity index (χ4n) is 2.33. The smallest absolute Gasteiger partial charge is 0.229 e. The van der Waals surface area contributed by atoms with Crippen molar-refractivity contribution in [1.29, 1.82) is 0 Å². The Hall–Kier alpha value is -0.900. The Morgan fingerprint density at radius 3 is 2.88 bits per heavy atom. The summed E-state index contributed by atoms with van der Waals surface area (Å²) in [5.41, 5.74) is 0. The summed E-state index contributed by atoms with van der Waals surface area (Å²) in [6.07, 6.45) is 5.85. The summed E-state index contributed by atoms with van der Waals surface area (Å²) in [6, 6.07) is 0. The Bertz CT molecular complexity index is 331. The molecule has 1 unspecified atom stereocenters. The summed E-state index contributed by atoms with van der Waals surface area (Å²) in [5, 5.41) is 7.51. The van der Waals surface area contributed by atoms with Gasteiger partial charge < -0.3 is 9.84 Å². The summed E-state index contributed by atoms with van der Waals surface area (Å²) in [6.45, 7) is 6.52. The van der Waals surface area contributed by atoms with E-state index in [1.54, 1.807) is 0 Å². The minimum atomic E-state index is 0.401. The van der Waals surface area contributed by atoms with Gasteiger partial charge in [0.25, 0.3) is 0 Å². The predicted molar refractivity (Wildman–Crippen MR) is 67.1 cm³/mol. The molecule has 1 aliphatic heterocycles. The van der Waals surface area contributed by atoms with Crippen molar-refractivity contribution >= 4 is 0 Å². The molecule has 0 aliphatic carbocycles. The molecule has 4 nitrogen and oxygen atoms in total. The molecule has 1 atom stereocenters. The number of unbranched alkanes of at least 4 members (excludes halogenated alkanes) is 1. The van der Waals surface area contributed by atoms with Crippen LogP contribution in [0, 0.1) is 0 Å². The quantitative estimate of drug-likeness (QED) is 0.855. The van der Waals surface area contributed by atoms with Crippen molar-refractivity contribution in [3.8, 4) is 0 Å². The van der Waals surface area contributed by atoms with Crippen molar-refractivity contribution < 1.29 is 4.52 Å².